The topological polar surface area (TPSA) is 45.2 Å². The monoisotopic (exact) mass is 241 g/mol. The fourth-order valence-corrected chi connectivity index (χ4v) is 2.19. The van der Waals surface area contributed by atoms with Gasteiger partial charge in [-0.15, -0.1) is 0 Å². The summed E-state index contributed by atoms with van der Waals surface area (Å²) in [6, 6.07) is 9.85. The summed E-state index contributed by atoms with van der Waals surface area (Å²) < 4.78 is 0. The second-order valence-electron chi connectivity index (χ2n) is 4.60. The van der Waals surface area contributed by atoms with E-state index in [2.05, 4.69) is 10.3 Å². The Morgan fingerprint density at radius 1 is 1.33 bits per heavy atom. The molecule has 2 aromatic rings. The molecule has 3 rings (SSSR count). The highest BCUT2D eigenvalue weighted by Gasteiger charge is 2.26. The van der Waals surface area contributed by atoms with Gasteiger partial charge in [0.1, 0.15) is 0 Å². The number of nitrogens with one attached hydrogen (secondary N) is 1. The minimum atomic E-state index is 0.0695. The van der Waals surface area contributed by atoms with E-state index < -0.39 is 0 Å². The highest BCUT2D eigenvalue weighted by Crippen LogP contribution is 2.18. The smallest absolute Gasteiger partial charge is 0.254 e. The van der Waals surface area contributed by atoms with Gasteiger partial charge in [-0.3, -0.25) is 9.78 Å². The van der Waals surface area contributed by atoms with Crippen molar-refractivity contribution in [3.05, 3.63) is 42.1 Å². The molecule has 4 heteroatoms. The average molecular weight is 241 g/mol. The number of rotatable bonds is 2. The third-order valence-corrected chi connectivity index (χ3v) is 3.51. The molecule has 1 aliphatic heterocycles. The first kappa shape index (κ1) is 11.2. The van der Waals surface area contributed by atoms with Crippen molar-refractivity contribution in [3.63, 3.8) is 0 Å². The van der Waals surface area contributed by atoms with E-state index in [0.717, 1.165) is 29.6 Å². The largest absolute Gasteiger partial charge is 0.336 e. The molecule has 0 spiro atoms. The first-order chi connectivity index (χ1) is 8.77. The summed E-state index contributed by atoms with van der Waals surface area (Å²) >= 11 is 0. The maximum absolute atomic E-state index is 12.5. The Kier molecular flexibility index (Phi) is 2.72. The van der Waals surface area contributed by atoms with E-state index in [0.29, 0.717) is 6.04 Å². The van der Waals surface area contributed by atoms with Crippen LogP contribution < -0.4 is 5.32 Å². The average Bonchev–Trinajstić information content (AvgIpc) is 2.35. The molecule has 1 aromatic carbocycles. The summed E-state index contributed by atoms with van der Waals surface area (Å²) in [6.45, 7) is 1.76. The molecule has 1 N–H and O–H groups in total. The third-order valence-electron chi connectivity index (χ3n) is 3.51. The number of para-hydroxylation sites is 1. The Labute approximate surface area is 106 Å². The molecular formula is C14H15N3O. The Morgan fingerprint density at radius 2 is 2.11 bits per heavy atom. The lowest BCUT2D eigenvalue weighted by Crippen LogP contribution is -2.57. The van der Waals surface area contributed by atoms with Gasteiger partial charge in [-0.05, 0) is 12.1 Å². The van der Waals surface area contributed by atoms with E-state index in [1.807, 2.05) is 36.2 Å². The first-order valence-electron chi connectivity index (χ1n) is 6.09. The number of amides is 1. The standard InChI is InChI=1S/C14H15N3O/c1-17(10-8-15-9-10)14(18)12-6-7-16-13-5-3-2-4-11(12)13/h2-7,10,15H,8-9H2,1H3. The summed E-state index contributed by atoms with van der Waals surface area (Å²) in [4.78, 5) is 18.6. The highest BCUT2D eigenvalue weighted by atomic mass is 16.2. The minimum absolute atomic E-state index is 0.0695. The Bertz CT molecular complexity index is 587. The summed E-state index contributed by atoms with van der Waals surface area (Å²) in [5, 5.41) is 4.10. The van der Waals surface area contributed by atoms with Crippen LogP contribution in [0.4, 0.5) is 0 Å². The molecular weight excluding hydrogens is 226 g/mol. The van der Waals surface area contributed by atoms with Crippen molar-refractivity contribution in [2.45, 2.75) is 6.04 Å². The quantitative estimate of drug-likeness (QED) is 0.861. The van der Waals surface area contributed by atoms with Gasteiger partial charge in [0, 0.05) is 31.7 Å². The van der Waals surface area contributed by atoms with E-state index in [9.17, 15) is 4.79 Å². The van der Waals surface area contributed by atoms with Crippen molar-refractivity contribution in [1.82, 2.24) is 15.2 Å². The van der Waals surface area contributed by atoms with Gasteiger partial charge in [0.15, 0.2) is 0 Å². The summed E-state index contributed by atoms with van der Waals surface area (Å²) in [5.41, 5.74) is 1.60. The Balaban J connectivity index is 2.00. The zero-order valence-corrected chi connectivity index (χ0v) is 10.3. The summed E-state index contributed by atoms with van der Waals surface area (Å²) in [5.74, 6) is 0.0695. The molecule has 0 unspecified atom stereocenters. The van der Waals surface area contributed by atoms with Crippen LogP contribution in [-0.4, -0.2) is 42.0 Å². The maximum Gasteiger partial charge on any atom is 0.254 e. The van der Waals surface area contributed by atoms with Crippen LogP contribution >= 0.6 is 0 Å². The van der Waals surface area contributed by atoms with Gasteiger partial charge in [-0.2, -0.15) is 0 Å². The second kappa shape index (κ2) is 4.38. The SMILES string of the molecule is CN(C(=O)c1ccnc2ccccc12)C1CNC1. The zero-order valence-electron chi connectivity index (χ0n) is 10.3. The number of hydrogen-bond acceptors (Lipinski definition) is 3. The Hall–Kier alpha value is -1.94. The Morgan fingerprint density at radius 3 is 2.83 bits per heavy atom. The minimum Gasteiger partial charge on any atom is -0.336 e. The third kappa shape index (κ3) is 1.75. The first-order valence-corrected chi connectivity index (χ1v) is 6.09. The molecule has 1 aromatic heterocycles. The maximum atomic E-state index is 12.5. The van der Waals surface area contributed by atoms with Crippen molar-refractivity contribution >= 4 is 16.8 Å². The second-order valence-corrected chi connectivity index (χ2v) is 4.60. The van der Waals surface area contributed by atoms with Gasteiger partial charge in [0.05, 0.1) is 17.1 Å². The molecule has 1 aliphatic rings. The van der Waals surface area contributed by atoms with Crippen LogP contribution in [0.25, 0.3) is 10.9 Å². The number of carbonyl (C=O) groups is 1. The molecule has 0 radical (unpaired) electrons. The number of carbonyl (C=O) groups excluding carboxylic acids is 1. The lowest BCUT2D eigenvalue weighted by atomic mass is 10.1. The summed E-state index contributed by atoms with van der Waals surface area (Å²) in [6.07, 6.45) is 1.70. The number of aromatic nitrogens is 1. The molecule has 1 amide bonds. The van der Waals surface area contributed by atoms with Gasteiger partial charge in [0.2, 0.25) is 0 Å². The van der Waals surface area contributed by atoms with Gasteiger partial charge in [0.25, 0.3) is 5.91 Å². The van der Waals surface area contributed by atoms with Gasteiger partial charge < -0.3 is 10.2 Å². The number of benzene rings is 1. The molecule has 92 valence electrons. The molecule has 4 nitrogen and oxygen atoms in total. The van der Waals surface area contributed by atoms with E-state index in [1.54, 1.807) is 12.3 Å². The van der Waals surface area contributed by atoms with E-state index in [-0.39, 0.29) is 5.91 Å². The lowest BCUT2D eigenvalue weighted by Gasteiger charge is -2.35. The lowest BCUT2D eigenvalue weighted by molar-refractivity contribution is 0.0683. The van der Waals surface area contributed by atoms with Crippen molar-refractivity contribution < 1.29 is 4.79 Å². The molecule has 0 atom stereocenters. The predicted octanol–water partition coefficient (Wildman–Crippen LogP) is 1.28. The van der Waals surface area contributed by atoms with Gasteiger partial charge in [-0.25, -0.2) is 0 Å². The molecule has 0 saturated carbocycles. The van der Waals surface area contributed by atoms with Gasteiger partial charge in [-0.1, -0.05) is 18.2 Å². The zero-order chi connectivity index (χ0) is 12.5. The summed E-state index contributed by atoms with van der Waals surface area (Å²) in [7, 11) is 1.86. The fraction of sp³-hybridized carbons (Fsp3) is 0.286. The van der Waals surface area contributed by atoms with Crippen molar-refractivity contribution in [2.75, 3.05) is 20.1 Å². The highest BCUT2D eigenvalue weighted by molar-refractivity contribution is 6.06. The number of pyridine rings is 1. The molecule has 2 heterocycles. The molecule has 0 bridgehead atoms. The van der Waals surface area contributed by atoms with Gasteiger partial charge >= 0.3 is 0 Å². The molecule has 1 fully saturated rings. The number of hydrogen-bond donors (Lipinski definition) is 1. The number of likely N-dealkylation sites (N-methyl/N-ethyl adjacent to an activating group) is 1. The van der Waals surface area contributed by atoms with Crippen LogP contribution in [-0.2, 0) is 0 Å². The fourth-order valence-electron chi connectivity index (χ4n) is 2.19. The van der Waals surface area contributed by atoms with Crippen LogP contribution in [0, 0.1) is 0 Å². The van der Waals surface area contributed by atoms with Crippen molar-refractivity contribution in [2.24, 2.45) is 0 Å². The van der Waals surface area contributed by atoms with Crippen LogP contribution in [0.3, 0.4) is 0 Å². The molecule has 18 heavy (non-hydrogen) atoms. The van der Waals surface area contributed by atoms with Crippen LogP contribution in [0.15, 0.2) is 36.5 Å². The number of fused-ring (bicyclic) bond motifs is 1. The molecule has 0 aliphatic carbocycles. The van der Waals surface area contributed by atoms with E-state index >= 15 is 0 Å². The van der Waals surface area contributed by atoms with Crippen LogP contribution in [0.5, 0.6) is 0 Å². The van der Waals surface area contributed by atoms with Crippen LogP contribution in [0.1, 0.15) is 10.4 Å². The van der Waals surface area contributed by atoms with E-state index in [1.165, 1.54) is 0 Å². The number of nitrogens with zero attached hydrogens (tertiary/aromatic N) is 2. The van der Waals surface area contributed by atoms with Crippen molar-refractivity contribution in [1.29, 1.82) is 0 Å². The molecule has 1 saturated heterocycles. The predicted molar refractivity (Wildman–Crippen MR) is 70.5 cm³/mol. The van der Waals surface area contributed by atoms with E-state index in [4.69, 9.17) is 0 Å². The van der Waals surface area contributed by atoms with Crippen molar-refractivity contribution in [3.8, 4) is 0 Å². The normalized spacial score (nSPS) is 15.4. The van der Waals surface area contributed by atoms with Crippen LogP contribution in [0.2, 0.25) is 0 Å².